The highest BCUT2D eigenvalue weighted by molar-refractivity contribution is 6.36. The molecule has 3 rings (SSSR count). The Balaban J connectivity index is 1.96. The van der Waals surface area contributed by atoms with Gasteiger partial charge in [0.15, 0.2) is 0 Å². The normalized spacial score (nSPS) is 11.9. The predicted octanol–water partition coefficient (Wildman–Crippen LogP) is 4.05. The number of carbonyl (C=O) groups excluding carboxylic acids is 1. The summed E-state index contributed by atoms with van der Waals surface area (Å²) >= 11 is 12.0. The van der Waals surface area contributed by atoms with Crippen LogP contribution in [0.5, 0.6) is 5.75 Å². The van der Waals surface area contributed by atoms with Gasteiger partial charge in [-0.3, -0.25) is 4.79 Å². The molecule has 1 heterocycles. The lowest BCUT2D eigenvalue weighted by molar-refractivity contribution is 0.0619. The highest BCUT2D eigenvalue weighted by Gasteiger charge is 2.26. The first-order chi connectivity index (χ1) is 11.1. The SMILES string of the molecule is O=C(c1ccc(Cl)cc1Cl)C(Oc1ccccc1)n1cncn1. The lowest BCUT2D eigenvalue weighted by atomic mass is 10.1. The number of carbonyl (C=O) groups is 1. The minimum Gasteiger partial charge on any atom is -0.461 e. The first-order valence-electron chi connectivity index (χ1n) is 6.70. The second-order valence-electron chi connectivity index (χ2n) is 4.65. The number of rotatable bonds is 5. The monoisotopic (exact) mass is 347 g/mol. The zero-order valence-corrected chi connectivity index (χ0v) is 13.3. The van der Waals surface area contributed by atoms with Gasteiger partial charge < -0.3 is 4.74 Å². The Morgan fingerprint density at radius 2 is 1.91 bits per heavy atom. The van der Waals surface area contributed by atoms with Crippen LogP contribution in [0.1, 0.15) is 16.6 Å². The number of hydrogen-bond acceptors (Lipinski definition) is 4. The molecule has 23 heavy (non-hydrogen) atoms. The van der Waals surface area contributed by atoms with Gasteiger partial charge in [0.05, 0.1) is 5.02 Å². The molecule has 0 aliphatic heterocycles. The smallest absolute Gasteiger partial charge is 0.256 e. The van der Waals surface area contributed by atoms with Gasteiger partial charge in [-0.15, -0.1) is 0 Å². The summed E-state index contributed by atoms with van der Waals surface area (Å²) in [6.45, 7) is 0. The van der Waals surface area contributed by atoms with E-state index >= 15 is 0 Å². The Labute approximate surface area is 142 Å². The quantitative estimate of drug-likeness (QED) is 0.653. The maximum absolute atomic E-state index is 12.8. The van der Waals surface area contributed by atoms with Crippen LogP contribution in [0, 0.1) is 0 Å². The molecule has 0 radical (unpaired) electrons. The summed E-state index contributed by atoms with van der Waals surface area (Å²) in [5, 5.41) is 4.70. The van der Waals surface area contributed by atoms with Crippen molar-refractivity contribution in [2.75, 3.05) is 0 Å². The minimum absolute atomic E-state index is 0.254. The van der Waals surface area contributed by atoms with Crippen molar-refractivity contribution in [3.63, 3.8) is 0 Å². The molecule has 1 unspecified atom stereocenters. The predicted molar refractivity (Wildman–Crippen MR) is 86.9 cm³/mol. The highest BCUT2D eigenvalue weighted by atomic mass is 35.5. The van der Waals surface area contributed by atoms with Crippen LogP contribution < -0.4 is 4.74 Å². The van der Waals surface area contributed by atoms with Crippen molar-refractivity contribution in [3.8, 4) is 5.75 Å². The molecule has 0 fully saturated rings. The average molecular weight is 348 g/mol. The van der Waals surface area contributed by atoms with E-state index < -0.39 is 6.23 Å². The largest absolute Gasteiger partial charge is 0.461 e. The van der Waals surface area contributed by atoms with E-state index in [9.17, 15) is 4.79 Å². The summed E-state index contributed by atoms with van der Waals surface area (Å²) in [7, 11) is 0. The Morgan fingerprint density at radius 1 is 1.13 bits per heavy atom. The maximum atomic E-state index is 12.8. The summed E-state index contributed by atoms with van der Waals surface area (Å²) < 4.78 is 7.11. The van der Waals surface area contributed by atoms with Crippen molar-refractivity contribution in [2.24, 2.45) is 0 Å². The van der Waals surface area contributed by atoms with Gasteiger partial charge in [-0.05, 0) is 30.3 Å². The lowest BCUT2D eigenvalue weighted by Gasteiger charge is -2.18. The number of aromatic nitrogens is 3. The second kappa shape index (κ2) is 6.81. The average Bonchev–Trinajstić information content (AvgIpc) is 3.07. The molecule has 0 saturated heterocycles. The fourth-order valence-electron chi connectivity index (χ4n) is 2.02. The molecule has 0 aliphatic rings. The number of ether oxygens (including phenoxy) is 1. The molecule has 7 heteroatoms. The van der Waals surface area contributed by atoms with Crippen LogP contribution in [0.25, 0.3) is 0 Å². The van der Waals surface area contributed by atoms with E-state index in [0.29, 0.717) is 16.3 Å². The molecule has 5 nitrogen and oxygen atoms in total. The molecule has 2 aromatic carbocycles. The third-order valence-corrected chi connectivity index (χ3v) is 3.64. The first-order valence-corrected chi connectivity index (χ1v) is 7.46. The fourth-order valence-corrected chi connectivity index (χ4v) is 2.52. The zero-order valence-electron chi connectivity index (χ0n) is 11.8. The topological polar surface area (TPSA) is 57.0 Å². The standard InChI is InChI=1S/C16H11Cl2N3O2/c17-11-6-7-13(14(18)8-11)15(22)16(21-10-19-9-20-21)23-12-4-2-1-3-5-12/h1-10,16H. The van der Waals surface area contributed by atoms with Crippen LogP contribution in [-0.2, 0) is 0 Å². The summed E-state index contributed by atoms with van der Waals surface area (Å²) in [5.41, 5.74) is 0.299. The molecule has 0 bridgehead atoms. The van der Waals surface area contributed by atoms with Crippen molar-refractivity contribution >= 4 is 29.0 Å². The van der Waals surface area contributed by atoms with Gasteiger partial charge in [0.25, 0.3) is 6.23 Å². The van der Waals surface area contributed by atoms with Crippen LogP contribution in [0.4, 0.5) is 0 Å². The number of ketones is 1. The van der Waals surface area contributed by atoms with Crippen molar-refractivity contribution < 1.29 is 9.53 Å². The van der Waals surface area contributed by atoms with Crippen molar-refractivity contribution in [1.82, 2.24) is 14.8 Å². The van der Waals surface area contributed by atoms with Gasteiger partial charge in [-0.1, -0.05) is 41.4 Å². The number of hydrogen-bond donors (Lipinski definition) is 0. The third-order valence-electron chi connectivity index (χ3n) is 3.09. The third kappa shape index (κ3) is 3.52. The van der Waals surface area contributed by atoms with Crippen LogP contribution in [0.15, 0.2) is 61.2 Å². The van der Waals surface area contributed by atoms with E-state index in [1.165, 1.54) is 23.4 Å². The number of benzene rings is 2. The van der Waals surface area contributed by atoms with E-state index in [1.54, 1.807) is 24.3 Å². The van der Waals surface area contributed by atoms with Crippen LogP contribution in [0.2, 0.25) is 10.0 Å². The Bertz CT molecular complexity index is 807. The Hall–Kier alpha value is -2.37. The van der Waals surface area contributed by atoms with Crippen LogP contribution in [-0.4, -0.2) is 20.5 Å². The summed E-state index contributed by atoms with van der Waals surface area (Å²) in [4.78, 5) is 16.7. The summed E-state index contributed by atoms with van der Waals surface area (Å²) in [6.07, 6.45) is 1.73. The molecular formula is C16H11Cl2N3O2. The number of nitrogens with zero attached hydrogens (tertiary/aromatic N) is 3. The molecule has 0 amide bonds. The molecule has 116 valence electrons. The lowest BCUT2D eigenvalue weighted by Crippen LogP contribution is -2.26. The molecule has 0 saturated carbocycles. The van der Waals surface area contributed by atoms with Gasteiger partial charge in [0, 0.05) is 10.6 Å². The fraction of sp³-hybridized carbons (Fsp3) is 0.0625. The number of para-hydroxylation sites is 1. The van der Waals surface area contributed by atoms with Gasteiger partial charge in [0.1, 0.15) is 18.4 Å². The summed E-state index contributed by atoms with van der Waals surface area (Å²) in [5.74, 6) is 0.187. The molecule has 1 aromatic heterocycles. The van der Waals surface area contributed by atoms with E-state index in [-0.39, 0.29) is 10.8 Å². The van der Waals surface area contributed by atoms with E-state index in [1.807, 2.05) is 18.2 Å². The molecule has 0 aliphatic carbocycles. The maximum Gasteiger partial charge on any atom is 0.256 e. The first kappa shape index (κ1) is 15.5. The molecule has 0 spiro atoms. The summed E-state index contributed by atoms with van der Waals surface area (Å²) in [6, 6.07) is 13.7. The zero-order chi connectivity index (χ0) is 16.2. The Kier molecular flexibility index (Phi) is 4.60. The number of Topliss-reactive ketones (excluding diaryl/α,β-unsaturated/α-hetero) is 1. The van der Waals surface area contributed by atoms with Crippen molar-refractivity contribution in [2.45, 2.75) is 6.23 Å². The van der Waals surface area contributed by atoms with Gasteiger partial charge >= 0.3 is 0 Å². The van der Waals surface area contributed by atoms with Crippen LogP contribution in [0.3, 0.4) is 0 Å². The van der Waals surface area contributed by atoms with Gasteiger partial charge in [-0.2, -0.15) is 5.10 Å². The molecule has 1 atom stereocenters. The van der Waals surface area contributed by atoms with Crippen molar-refractivity contribution in [1.29, 1.82) is 0 Å². The highest BCUT2D eigenvalue weighted by Crippen LogP contribution is 2.26. The molecular weight excluding hydrogens is 337 g/mol. The van der Waals surface area contributed by atoms with E-state index in [2.05, 4.69) is 10.1 Å². The van der Waals surface area contributed by atoms with E-state index in [0.717, 1.165) is 0 Å². The Morgan fingerprint density at radius 3 is 2.57 bits per heavy atom. The van der Waals surface area contributed by atoms with Gasteiger partial charge in [0.2, 0.25) is 5.78 Å². The van der Waals surface area contributed by atoms with Crippen molar-refractivity contribution in [3.05, 3.63) is 76.8 Å². The van der Waals surface area contributed by atoms with E-state index in [4.69, 9.17) is 27.9 Å². The second-order valence-corrected chi connectivity index (χ2v) is 5.49. The minimum atomic E-state index is -1.02. The molecule has 3 aromatic rings. The molecule has 0 N–H and O–H groups in total. The van der Waals surface area contributed by atoms with Gasteiger partial charge in [-0.25, -0.2) is 9.67 Å². The number of halogens is 2. The van der Waals surface area contributed by atoms with Crippen LogP contribution >= 0.6 is 23.2 Å².